The third-order valence-electron chi connectivity index (χ3n) is 8.06. The first-order valence-electron chi connectivity index (χ1n) is 14.0. The van der Waals surface area contributed by atoms with Crippen LogP contribution in [-0.4, -0.2) is 47.6 Å². The summed E-state index contributed by atoms with van der Waals surface area (Å²) in [5.74, 6) is -1.70. The number of ether oxygens (including phenoxy) is 1. The molecule has 8 nitrogen and oxygen atoms in total. The number of nitrogens with two attached hydrogens (primary N) is 1. The molecular formula is C32H30ClF2N3O5S. The number of hydrogen-bond acceptors (Lipinski definition) is 5. The lowest BCUT2D eigenvalue weighted by atomic mass is 9.85. The minimum absolute atomic E-state index is 0.0271. The quantitative estimate of drug-likeness (QED) is 0.180. The molecule has 0 aliphatic heterocycles. The highest BCUT2D eigenvalue weighted by atomic mass is 35.5. The fraction of sp³-hybridized carbons (Fsp3) is 0.281. The Kier molecular flexibility index (Phi) is 9.36. The summed E-state index contributed by atoms with van der Waals surface area (Å²) in [6.07, 6.45) is 1.47. The maximum Gasteiger partial charge on any atom is 0.404 e. The van der Waals surface area contributed by atoms with Crippen molar-refractivity contribution in [1.82, 2.24) is 10.2 Å². The number of amides is 3. The number of thiophene rings is 1. The number of nitrogens with zero attached hydrogens (tertiary/aromatic N) is 1. The number of rotatable bonds is 9. The van der Waals surface area contributed by atoms with Crippen molar-refractivity contribution in [3.05, 3.63) is 87.3 Å². The summed E-state index contributed by atoms with van der Waals surface area (Å²) in [4.78, 5) is 38.5. The molecule has 4 aromatic rings. The van der Waals surface area contributed by atoms with Crippen LogP contribution >= 0.6 is 22.9 Å². The van der Waals surface area contributed by atoms with Gasteiger partial charge in [-0.3, -0.25) is 9.59 Å². The molecule has 1 heterocycles. The Morgan fingerprint density at radius 3 is 2.30 bits per heavy atom. The molecule has 230 valence electrons. The number of primary amides is 1. The Balaban J connectivity index is 1.51. The van der Waals surface area contributed by atoms with Gasteiger partial charge in [0.25, 0.3) is 5.91 Å². The number of methoxy groups -OCH3 is 1. The van der Waals surface area contributed by atoms with Crippen LogP contribution in [0.4, 0.5) is 13.6 Å². The summed E-state index contributed by atoms with van der Waals surface area (Å²) < 4.78 is 35.0. The normalized spacial score (nSPS) is 16.5. The van der Waals surface area contributed by atoms with E-state index in [4.69, 9.17) is 27.2 Å². The summed E-state index contributed by atoms with van der Waals surface area (Å²) in [7, 11) is 1.53. The van der Waals surface area contributed by atoms with Crippen LogP contribution in [0.2, 0.25) is 5.02 Å². The van der Waals surface area contributed by atoms with Crippen molar-refractivity contribution < 1.29 is 33.0 Å². The van der Waals surface area contributed by atoms with Crippen LogP contribution in [0.15, 0.2) is 54.6 Å². The summed E-state index contributed by atoms with van der Waals surface area (Å²) >= 11 is 7.36. The van der Waals surface area contributed by atoms with Gasteiger partial charge in [-0.2, -0.15) is 0 Å². The van der Waals surface area contributed by atoms with Crippen molar-refractivity contribution in [3.8, 4) is 16.9 Å². The van der Waals surface area contributed by atoms with Crippen LogP contribution in [0.3, 0.4) is 0 Å². The molecule has 1 fully saturated rings. The lowest BCUT2D eigenvalue weighted by molar-refractivity contribution is 0.0592. The Labute approximate surface area is 261 Å². The molecule has 1 aliphatic carbocycles. The van der Waals surface area contributed by atoms with Crippen molar-refractivity contribution in [3.63, 3.8) is 0 Å². The molecule has 0 radical (unpaired) electrons. The van der Waals surface area contributed by atoms with Gasteiger partial charge in [0.05, 0.1) is 22.2 Å². The standard InChI is InChI=1S/C32H30ClF2N3O5S/c1-43-25-13-8-20(18-4-6-19(7-5-18)30(36)39)14-21(25)16-38(22-9-2-17(3-10-22)15-37-32(41)42)31(40)29-27(33)26-23(34)11-12-24(35)28(26)44-29/h4-8,11-14,17,22,37H,2-3,9-10,15-16H2,1H3,(H2,36,39)(H,41,42). The Morgan fingerprint density at radius 1 is 1.02 bits per heavy atom. The zero-order valence-corrected chi connectivity index (χ0v) is 25.3. The first kappa shape index (κ1) is 31.2. The van der Waals surface area contributed by atoms with E-state index >= 15 is 0 Å². The largest absolute Gasteiger partial charge is 0.496 e. The fourth-order valence-electron chi connectivity index (χ4n) is 5.72. The van der Waals surface area contributed by atoms with Gasteiger partial charge in [-0.1, -0.05) is 29.8 Å². The molecule has 0 bridgehead atoms. The number of carboxylic acid groups (broad SMARTS) is 1. The maximum atomic E-state index is 14.7. The Bertz CT molecular complexity index is 1720. The predicted octanol–water partition coefficient (Wildman–Crippen LogP) is 7.08. The van der Waals surface area contributed by atoms with E-state index in [1.165, 1.54) is 7.11 Å². The van der Waals surface area contributed by atoms with Gasteiger partial charge in [-0.05, 0) is 79.1 Å². The summed E-state index contributed by atoms with van der Waals surface area (Å²) in [5, 5.41) is 11.2. The molecule has 0 saturated heterocycles. The monoisotopic (exact) mass is 641 g/mol. The highest BCUT2D eigenvalue weighted by Crippen LogP contribution is 2.41. The van der Waals surface area contributed by atoms with Crippen LogP contribution in [0, 0.1) is 17.6 Å². The maximum absolute atomic E-state index is 14.7. The molecule has 3 aromatic carbocycles. The first-order valence-corrected chi connectivity index (χ1v) is 15.2. The number of fused-ring (bicyclic) bond motifs is 1. The van der Waals surface area contributed by atoms with Crippen LogP contribution < -0.4 is 15.8 Å². The average Bonchev–Trinajstić information content (AvgIpc) is 3.38. The zero-order valence-electron chi connectivity index (χ0n) is 23.7. The van der Waals surface area contributed by atoms with Gasteiger partial charge in [-0.15, -0.1) is 11.3 Å². The van der Waals surface area contributed by atoms with E-state index in [1.807, 2.05) is 12.1 Å². The van der Waals surface area contributed by atoms with E-state index in [-0.39, 0.29) is 38.5 Å². The molecule has 0 unspecified atom stereocenters. The lowest BCUT2D eigenvalue weighted by Gasteiger charge is -2.37. The van der Waals surface area contributed by atoms with E-state index in [0.717, 1.165) is 34.6 Å². The lowest BCUT2D eigenvalue weighted by Crippen LogP contribution is -2.43. The second-order valence-electron chi connectivity index (χ2n) is 10.7. The number of carbonyl (C=O) groups is 3. The van der Waals surface area contributed by atoms with Gasteiger partial charge in [0.2, 0.25) is 5.91 Å². The highest BCUT2D eigenvalue weighted by molar-refractivity contribution is 7.21. The summed E-state index contributed by atoms with van der Waals surface area (Å²) in [5.41, 5.74) is 8.09. The molecule has 44 heavy (non-hydrogen) atoms. The molecule has 1 aromatic heterocycles. The van der Waals surface area contributed by atoms with Gasteiger partial charge >= 0.3 is 6.09 Å². The minimum Gasteiger partial charge on any atom is -0.496 e. The highest BCUT2D eigenvalue weighted by Gasteiger charge is 2.33. The smallest absolute Gasteiger partial charge is 0.404 e. The van der Waals surface area contributed by atoms with E-state index in [2.05, 4.69) is 5.32 Å². The number of hydrogen-bond donors (Lipinski definition) is 3. The van der Waals surface area contributed by atoms with Crippen molar-refractivity contribution in [2.24, 2.45) is 11.7 Å². The van der Waals surface area contributed by atoms with Gasteiger partial charge in [0.1, 0.15) is 22.3 Å². The van der Waals surface area contributed by atoms with E-state index < -0.39 is 29.5 Å². The third kappa shape index (κ3) is 6.48. The number of benzene rings is 3. The van der Waals surface area contributed by atoms with E-state index in [1.54, 1.807) is 35.2 Å². The first-order chi connectivity index (χ1) is 21.1. The number of carbonyl (C=O) groups excluding carboxylic acids is 2. The third-order valence-corrected chi connectivity index (χ3v) is 9.74. The summed E-state index contributed by atoms with van der Waals surface area (Å²) in [6.45, 7) is 0.439. The zero-order chi connectivity index (χ0) is 31.5. The average molecular weight is 642 g/mol. The van der Waals surface area contributed by atoms with Crippen molar-refractivity contribution in [1.29, 1.82) is 0 Å². The molecule has 0 spiro atoms. The molecule has 1 aliphatic rings. The van der Waals surface area contributed by atoms with Crippen LogP contribution in [0.1, 0.15) is 51.3 Å². The number of halogens is 3. The minimum atomic E-state index is -1.08. The van der Waals surface area contributed by atoms with E-state index in [0.29, 0.717) is 49.1 Å². The van der Waals surface area contributed by atoms with Crippen LogP contribution in [0.25, 0.3) is 21.2 Å². The molecule has 12 heteroatoms. The predicted molar refractivity (Wildman–Crippen MR) is 165 cm³/mol. The van der Waals surface area contributed by atoms with Crippen molar-refractivity contribution in [2.45, 2.75) is 38.3 Å². The fourth-order valence-corrected chi connectivity index (χ4v) is 7.22. The second-order valence-corrected chi connectivity index (χ2v) is 12.1. The Hall–Kier alpha value is -4.22. The molecule has 1 saturated carbocycles. The SMILES string of the molecule is COc1ccc(-c2ccc(C(N)=O)cc2)cc1CN(C(=O)c1sc2c(F)ccc(F)c2c1Cl)C1CCC(CNC(=O)O)CC1. The van der Waals surface area contributed by atoms with Crippen molar-refractivity contribution >= 4 is 50.9 Å². The van der Waals surface area contributed by atoms with Crippen molar-refractivity contribution in [2.75, 3.05) is 13.7 Å². The molecule has 4 N–H and O–H groups in total. The second kappa shape index (κ2) is 13.2. The molecule has 0 atom stereocenters. The Morgan fingerprint density at radius 2 is 1.68 bits per heavy atom. The summed E-state index contributed by atoms with van der Waals surface area (Å²) in [6, 6.07) is 14.1. The van der Waals surface area contributed by atoms with Gasteiger partial charge in [0, 0.05) is 30.3 Å². The van der Waals surface area contributed by atoms with E-state index in [9.17, 15) is 23.2 Å². The van der Waals surface area contributed by atoms with Crippen LogP contribution in [0.5, 0.6) is 5.75 Å². The van der Waals surface area contributed by atoms with Gasteiger partial charge in [0.15, 0.2) is 0 Å². The van der Waals surface area contributed by atoms with Crippen LogP contribution in [-0.2, 0) is 6.54 Å². The molecular weight excluding hydrogens is 612 g/mol. The topological polar surface area (TPSA) is 122 Å². The molecule has 5 rings (SSSR count). The van der Waals surface area contributed by atoms with Gasteiger partial charge < -0.3 is 25.8 Å². The molecule has 3 amide bonds. The van der Waals surface area contributed by atoms with Gasteiger partial charge in [-0.25, -0.2) is 13.6 Å². The number of nitrogens with one attached hydrogen (secondary N) is 1.